The van der Waals surface area contributed by atoms with Gasteiger partial charge in [0.05, 0.1) is 5.69 Å². The minimum absolute atomic E-state index is 0.339. The highest BCUT2D eigenvalue weighted by molar-refractivity contribution is 7.99. The molecule has 0 aliphatic carbocycles. The summed E-state index contributed by atoms with van der Waals surface area (Å²) < 4.78 is 26.6. The molecule has 0 fully saturated rings. The van der Waals surface area contributed by atoms with E-state index in [9.17, 15) is 8.78 Å². The second-order valence-corrected chi connectivity index (χ2v) is 5.33. The van der Waals surface area contributed by atoms with E-state index < -0.39 is 11.6 Å². The van der Waals surface area contributed by atoms with Crippen LogP contribution in [0.4, 0.5) is 14.5 Å². The molecule has 0 bridgehead atoms. The largest absolute Gasteiger partial charge is 0.397 e. The topological polar surface area (TPSA) is 38.9 Å². The Hall–Kier alpha value is -2.14. The monoisotopic (exact) mass is 288 g/mol. The summed E-state index contributed by atoms with van der Waals surface area (Å²) in [7, 11) is 0. The number of fused-ring (bicyclic) bond motifs is 1. The fourth-order valence-corrected chi connectivity index (χ4v) is 2.82. The van der Waals surface area contributed by atoms with Crippen LogP contribution in [0.3, 0.4) is 0 Å². The van der Waals surface area contributed by atoms with E-state index in [1.165, 1.54) is 23.9 Å². The van der Waals surface area contributed by atoms with Crippen LogP contribution in [0.25, 0.3) is 10.8 Å². The molecule has 2 nitrogen and oxygen atoms in total. The van der Waals surface area contributed by atoms with E-state index in [1.54, 1.807) is 12.4 Å². The van der Waals surface area contributed by atoms with Crippen LogP contribution >= 0.6 is 11.8 Å². The number of hydrogen-bond donors (Lipinski definition) is 1. The molecule has 2 N–H and O–H groups in total. The molecule has 0 aliphatic rings. The van der Waals surface area contributed by atoms with Crippen molar-refractivity contribution in [3.8, 4) is 0 Å². The molecule has 5 heteroatoms. The molecule has 1 heterocycles. The van der Waals surface area contributed by atoms with E-state index in [0.717, 1.165) is 21.7 Å². The van der Waals surface area contributed by atoms with E-state index in [2.05, 4.69) is 4.98 Å². The van der Waals surface area contributed by atoms with Gasteiger partial charge in [-0.15, -0.1) is 0 Å². The summed E-state index contributed by atoms with van der Waals surface area (Å²) in [6.07, 6.45) is 3.38. The molecule has 3 rings (SSSR count). The molecule has 0 amide bonds. The van der Waals surface area contributed by atoms with Crippen LogP contribution < -0.4 is 5.73 Å². The van der Waals surface area contributed by atoms with Gasteiger partial charge in [-0.05, 0) is 24.3 Å². The first kappa shape index (κ1) is 12.9. The molecular weight excluding hydrogens is 278 g/mol. The molecule has 0 aliphatic heterocycles. The Morgan fingerprint density at radius 2 is 1.80 bits per heavy atom. The number of hydrogen-bond acceptors (Lipinski definition) is 3. The lowest BCUT2D eigenvalue weighted by Gasteiger charge is -2.09. The summed E-state index contributed by atoms with van der Waals surface area (Å²) in [6, 6.07) is 9.01. The van der Waals surface area contributed by atoms with Crippen molar-refractivity contribution in [3.05, 3.63) is 60.4 Å². The van der Waals surface area contributed by atoms with Crippen molar-refractivity contribution in [2.75, 3.05) is 5.73 Å². The number of anilines is 1. The van der Waals surface area contributed by atoms with Gasteiger partial charge in [0.25, 0.3) is 0 Å². The maximum absolute atomic E-state index is 13.7. The third kappa shape index (κ3) is 2.32. The smallest absolute Gasteiger partial charge is 0.140 e. The lowest BCUT2D eigenvalue weighted by atomic mass is 10.1. The molecule has 0 saturated heterocycles. The van der Waals surface area contributed by atoms with Crippen molar-refractivity contribution in [1.29, 1.82) is 0 Å². The molecule has 100 valence electrons. The van der Waals surface area contributed by atoms with Gasteiger partial charge in [0.15, 0.2) is 0 Å². The third-order valence-electron chi connectivity index (χ3n) is 2.94. The van der Waals surface area contributed by atoms with Crippen molar-refractivity contribution in [2.45, 2.75) is 9.79 Å². The molecule has 1 aromatic heterocycles. The van der Waals surface area contributed by atoms with Crippen LogP contribution in [-0.2, 0) is 0 Å². The number of nitrogen functional groups attached to an aromatic ring is 1. The summed E-state index contributed by atoms with van der Waals surface area (Å²) in [5.41, 5.74) is 6.67. The zero-order valence-corrected chi connectivity index (χ0v) is 11.1. The van der Waals surface area contributed by atoms with Gasteiger partial charge in [0.1, 0.15) is 11.6 Å². The molecule has 2 aromatic carbocycles. The van der Waals surface area contributed by atoms with Crippen LogP contribution in [0.2, 0.25) is 0 Å². The highest BCUT2D eigenvalue weighted by Gasteiger charge is 2.10. The Balaban J connectivity index is 2.04. The van der Waals surface area contributed by atoms with Gasteiger partial charge in [-0.2, -0.15) is 0 Å². The minimum Gasteiger partial charge on any atom is -0.397 e. The summed E-state index contributed by atoms with van der Waals surface area (Å²) in [5, 5.41) is 1.79. The number of pyridine rings is 1. The first-order valence-electron chi connectivity index (χ1n) is 5.90. The first-order valence-corrected chi connectivity index (χ1v) is 6.72. The van der Waals surface area contributed by atoms with Gasteiger partial charge in [0, 0.05) is 39.0 Å². The van der Waals surface area contributed by atoms with Gasteiger partial charge < -0.3 is 5.73 Å². The fourth-order valence-electron chi connectivity index (χ4n) is 1.94. The van der Waals surface area contributed by atoms with E-state index in [-0.39, 0.29) is 0 Å². The van der Waals surface area contributed by atoms with Gasteiger partial charge >= 0.3 is 0 Å². The Bertz CT molecular complexity index is 790. The number of nitrogens with zero attached hydrogens (tertiary/aromatic N) is 1. The summed E-state index contributed by atoms with van der Waals surface area (Å²) >= 11 is 1.18. The standard InChI is InChI=1S/C15H10F2N2S/c16-10-2-4-13(12(17)7-10)20-14-3-1-9-8-19-6-5-11(9)15(14)18/h1-8H,18H2. The molecular formula is C15H10F2N2S. The molecule has 0 unspecified atom stereocenters. The van der Waals surface area contributed by atoms with Crippen molar-refractivity contribution >= 4 is 28.2 Å². The molecule has 0 radical (unpaired) electrons. The Labute approximate surface area is 118 Å². The van der Waals surface area contributed by atoms with Gasteiger partial charge in [-0.25, -0.2) is 8.78 Å². The third-order valence-corrected chi connectivity index (χ3v) is 4.06. The Morgan fingerprint density at radius 3 is 2.60 bits per heavy atom. The Kier molecular flexibility index (Phi) is 3.28. The fraction of sp³-hybridized carbons (Fsp3) is 0. The second kappa shape index (κ2) is 5.09. The lowest BCUT2D eigenvalue weighted by Crippen LogP contribution is -1.92. The lowest BCUT2D eigenvalue weighted by molar-refractivity contribution is 0.566. The number of nitrogens with two attached hydrogens (primary N) is 1. The first-order chi connectivity index (χ1) is 9.65. The van der Waals surface area contributed by atoms with Gasteiger partial charge in [-0.1, -0.05) is 17.8 Å². The average molecular weight is 288 g/mol. The van der Waals surface area contributed by atoms with Crippen molar-refractivity contribution < 1.29 is 8.78 Å². The highest BCUT2D eigenvalue weighted by Crippen LogP contribution is 2.37. The predicted octanol–water partition coefficient (Wildman–Crippen LogP) is 4.25. The number of benzene rings is 2. The maximum Gasteiger partial charge on any atom is 0.140 e. The molecule has 0 saturated carbocycles. The van der Waals surface area contributed by atoms with E-state index >= 15 is 0 Å². The molecule has 0 atom stereocenters. The zero-order valence-electron chi connectivity index (χ0n) is 10.3. The van der Waals surface area contributed by atoms with Crippen molar-refractivity contribution in [1.82, 2.24) is 4.98 Å². The van der Waals surface area contributed by atoms with Crippen LogP contribution in [-0.4, -0.2) is 4.98 Å². The van der Waals surface area contributed by atoms with E-state index in [1.807, 2.05) is 18.2 Å². The van der Waals surface area contributed by atoms with Crippen LogP contribution in [0.15, 0.2) is 58.6 Å². The number of aromatic nitrogens is 1. The normalized spacial score (nSPS) is 10.9. The summed E-state index contributed by atoms with van der Waals surface area (Å²) in [4.78, 5) is 5.10. The second-order valence-electron chi connectivity index (χ2n) is 4.25. The zero-order chi connectivity index (χ0) is 14.1. The maximum atomic E-state index is 13.7. The SMILES string of the molecule is Nc1c(Sc2ccc(F)cc2F)ccc2cnccc12. The van der Waals surface area contributed by atoms with Crippen LogP contribution in [0.5, 0.6) is 0 Å². The minimum atomic E-state index is -0.593. The molecule has 3 aromatic rings. The van der Waals surface area contributed by atoms with Crippen LogP contribution in [0, 0.1) is 11.6 Å². The summed E-state index contributed by atoms with van der Waals surface area (Å²) in [6.45, 7) is 0. The quantitative estimate of drug-likeness (QED) is 0.717. The van der Waals surface area contributed by atoms with E-state index in [4.69, 9.17) is 5.73 Å². The van der Waals surface area contributed by atoms with Crippen molar-refractivity contribution in [3.63, 3.8) is 0 Å². The highest BCUT2D eigenvalue weighted by atomic mass is 32.2. The number of rotatable bonds is 2. The van der Waals surface area contributed by atoms with E-state index in [0.29, 0.717) is 10.6 Å². The summed E-state index contributed by atoms with van der Waals surface area (Å²) in [5.74, 6) is -1.19. The van der Waals surface area contributed by atoms with Gasteiger partial charge in [-0.3, -0.25) is 4.98 Å². The predicted molar refractivity (Wildman–Crippen MR) is 76.6 cm³/mol. The van der Waals surface area contributed by atoms with Gasteiger partial charge in [0.2, 0.25) is 0 Å². The number of halogens is 2. The molecule has 20 heavy (non-hydrogen) atoms. The van der Waals surface area contributed by atoms with Crippen molar-refractivity contribution in [2.24, 2.45) is 0 Å². The Morgan fingerprint density at radius 1 is 1.00 bits per heavy atom. The van der Waals surface area contributed by atoms with Crippen LogP contribution in [0.1, 0.15) is 0 Å². The molecule has 0 spiro atoms. The average Bonchev–Trinajstić information content (AvgIpc) is 2.45.